The number of rotatable bonds is 8. The van der Waals surface area contributed by atoms with Gasteiger partial charge >= 0.3 is 5.97 Å². The van der Waals surface area contributed by atoms with Crippen molar-refractivity contribution >= 4 is 17.8 Å². The van der Waals surface area contributed by atoms with Crippen LogP contribution in [0.25, 0.3) is 0 Å². The van der Waals surface area contributed by atoms with E-state index in [4.69, 9.17) is 9.84 Å². The minimum absolute atomic E-state index is 0.0515. The molecule has 27 heavy (non-hydrogen) atoms. The summed E-state index contributed by atoms with van der Waals surface area (Å²) < 4.78 is 5.07. The molecule has 0 saturated heterocycles. The largest absolute Gasteiger partial charge is 0.497 e. The molecule has 0 spiro atoms. The number of hydrogen-bond acceptors (Lipinski definition) is 4. The number of nitrogens with zero attached hydrogens (tertiary/aromatic N) is 1. The Balaban J connectivity index is 2.20. The average molecular weight is 370 g/mol. The van der Waals surface area contributed by atoms with Crippen molar-refractivity contribution in [1.29, 1.82) is 0 Å². The molecule has 2 amide bonds. The Hall–Kier alpha value is -3.35. The molecule has 2 N–H and O–H groups in total. The Morgan fingerprint density at radius 1 is 1.07 bits per heavy atom. The van der Waals surface area contributed by atoms with Gasteiger partial charge in [0.1, 0.15) is 11.8 Å². The molecule has 0 aliphatic rings. The number of carbonyl (C=O) groups excluding carboxylic acids is 2. The Bertz CT molecular complexity index is 790. The maximum atomic E-state index is 12.8. The lowest BCUT2D eigenvalue weighted by Gasteiger charge is -2.24. The van der Waals surface area contributed by atoms with E-state index in [-0.39, 0.29) is 18.9 Å². The van der Waals surface area contributed by atoms with E-state index in [9.17, 15) is 14.4 Å². The maximum absolute atomic E-state index is 12.8. The van der Waals surface area contributed by atoms with Crippen LogP contribution in [0, 0.1) is 0 Å². The smallest absolute Gasteiger partial charge is 0.305 e. The highest BCUT2D eigenvalue weighted by Crippen LogP contribution is 2.18. The molecule has 0 saturated carbocycles. The molecule has 7 nitrogen and oxygen atoms in total. The predicted octanol–water partition coefficient (Wildman–Crippen LogP) is 2.10. The SMILES string of the molecule is COc1ccc(C(=O)NC(C(=O)N(C)CCC(=O)O)c2ccccc2)cc1. The second-order valence-electron chi connectivity index (χ2n) is 5.95. The lowest BCUT2D eigenvalue weighted by Crippen LogP contribution is -2.42. The molecule has 0 aliphatic heterocycles. The van der Waals surface area contributed by atoms with Gasteiger partial charge in [-0.3, -0.25) is 14.4 Å². The van der Waals surface area contributed by atoms with Gasteiger partial charge in [0.2, 0.25) is 5.91 Å². The third-order valence-corrected chi connectivity index (χ3v) is 4.04. The fourth-order valence-corrected chi connectivity index (χ4v) is 2.48. The van der Waals surface area contributed by atoms with Gasteiger partial charge < -0.3 is 20.1 Å². The first-order chi connectivity index (χ1) is 12.9. The van der Waals surface area contributed by atoms with Crippen molar-refractivity contribution in [2.75, 3.05) is 20.7 Å². The second-order valence-corrected chi connectivity index (χ2v) is 5.95. The van der Waals surface area contributed by atoms with E-state index in [0.717, 1.165) is 0 Å². The summed E-state index contributed by atoms with van der Waals surface area (Å²) >= 11 is 0. The molecule has 0 heterocycles. The Kier molecular flexibility index (Phi) is 6.93. The number of benzene rings is 2. The lowest BCUT2D eigenvalue weighted by molar-refractivity contribution is -0.138. The number of carbonyl (C=O) groups is 3. The zero-order valence-electron chi connectivity index (χ0n) is 15.2. The monoisotopic (exact) mass is 370 g/mol. The first-order valence-corrected chi connectivity index (χ1v) is 8.39. The number of carboxylic acid groups (broad SMARTS) is 1. The van der Waals surface area contributed by atoms with Crippen LogP contribution in [0.5, 0.6) is 5.75 Å². The van der Waals surface area contributed by atoms with E-state index in [2.05, 4.69) is 5.32 Å². The summed E-state index contributed by atoms with van der Waals surface area (Å²) in [6.45, 7) is 0.0515. The van der Waals surface area contributed by atoms with Crippen LogP contribution in [-0.4, -0.2) is 48.5 Å². The fourth-order valence-electron chi connectivity index (χ4n) is 2.48. The maximum Gasteiger partial charge on any atom is 0.305 e. The number of carboxylic acids is 1. The number of hydrogen-bond donors (Lipinski definition) is 2. The van der Waals surface area contributed by atoms with Crippen LogP contribution in [0.3, 0.4) is 0 Å². The Labute approximate surface area is 157 Å². The predicted molar refractivity (Wildman–Crippen MR) is 99.5 cm³/mol. The molecule has 1 atom stereocenters. The number of likely N-dealkylation sites (N-methyl/N-ethyl adjacent to an activating group) is 1. The number of aliphatic carboxylic acids is 1. The Morgan fingerprint density at radius 3 is 2.26 bits per heavy atom. The first kappa shape index (κ1) is 20.0. The van der Waals surface area contributed by atoms with Crippen LogP contribution >= 0.6 is 0 Å². The summed E-state index contributed by atoms with van der Waals surface area (Å²) in [5, 5.41) is 11.6. The van der Waals surface area contributed by atoms with E-state index in [1.165, 1.54) is 19.1 Å². The second kappa shape index (κ2) is 9.38. The topological polar surface area (TPSA) is 95.9 Å². The Morgan fingerprint density at radius 2 is 1.70 bits per heavy atom. The number of nitrogens with one attached hydrogen (secondary N) is 1. The van der Waals surface area contributed by atoms with Gasteiger partial charge in [-0.2, -0.15) is 0 Å². The van der Waals surface area contributed by atoms with Gasteiger partial charge in [0.05, 0.1) is 13.5 Å². The highest BCUT2D eigenvalue weighted by atomic mass is 16.5. The van der Waals surface area contributed by atoms with E-state index in [1.54, 1.807) is 48.5 Å². The van der Waals surface area contributed by atoms with Gasteiger partial charge in [0, 0.05) is 19.2 Å². The molecule has 142 valence electrons. The molecule has 2 aromatic carbocycles. The van der Waals surface area contributed by atoms with E-state index >= 15 is 0 Å². The summed E-state index contributed by atoms with van der Waals surface area (Å²) in [5.74, 6) is -1.17. The van der Waals surface area contributed by atoms with Crippen LogP contribution in [0.15, 0.2) is 54.6 Å². The minimum atomic E-state index is -0.992. The number of ether oxygens (including phenoxy) is 1. The summed E-state index contributed by atoms with van der Waals surface area (Å²) in [6.07, 6.45) is -0.170. The van der Waals surface area contributed by atoms with Crippen molar-refractivity contribution in [3.63, 3.8) is 0 Å². The highest BCUT2D eigenvalue weighted by molar-refractivity contribution is 5.98. The van der Waals surface area contributed by atoms with Gasteiger partial charge in [-0.25, -0.2) is 0 Å². The molecule has 7 heteroatoms. The van der Waals surface area contributed by atoms with Crippen molar-refractivity contribution in [1.82, 2.24) is 10.2 Å². The minimum Gasteiger partial charge on any atom is -0.497 e. The van der Waals surface area contributed by atoms with Crippen LogP contribution in [0.4, 0.5) is 0 Å². The van der Waals surface area contributed by atoms with E-state index < -0.39 is 17.9 Å². The van der Waals surface area contributed by atoms with Crippen LogP contribution in [-0.2, 0) is 9.59 Å². The molecule has 0 fully saturated rings. The van der Waals surface area contributed by atoms with Crippen molar-refractivity contribution in [3.05, 3.63) is 65.7 Å². The molecule has 2 aromatic rings. The van der Waals surface area contributed by atoms with Gasteiger partial charge in [0.15, 0.2) is 0 Å². The van der Waals surface area contributed by atoms with Gasteiger partial charge in [0.25, 0.3) is 5.91 Å². The summed E-state index contributed by atoms with van der Waals surface area (Å²) in [5.41, 5.74) is 1.00. The molecular formula is C20H22N2O5. The van der Waals surface area contributed by atoms with Crippen LogP contribution < -0.4 is 10.1 Å². The zero-order chi connectivity index (χ0) is 19.8. The molecule has 0 bridgehead atoms. The van der Waals surface area contributed by atoms with Crippen molar-refractivity contribution in [2.45, 2.75) is 12.5 Å². The van der Waals surface area contributed by atoms with Gasteiger partial charge in [-0.1, -0.05) is 30.3 Å². The lowest BCUT2D eigenvalue weighted by atomic mass is 10.0. The third kappa shape index (κ3) is 5.57. The standard InChI is InChI=1S/C20H22N2O5/c1-22(13-12-17(23)24)20(26)18(14-6-4-3-5-7-14)21-19(25)15-8-10-16(27-2)11-9-15/h3-11,18H,12-13H2,1-2H3,(H,21,25)(H,23,24). The highest BCUT2D eigenvalue weighted by Gasteiger charge is 2.26. The van der Waals surface area contributed by atoms with Crippen molar-refractivity contribution < 1.29 is 24.2 Å². The zero-order valence-corrected chi connectivity index (χ0v) is 15.2. The van der Waals surface area contributed by atoms with Crippen molar-refractivity contribution in [2.24, 2.45) is 0 Å². The van der Waals surface area contributed by atoms with Crippen LogP contribution in [0.2, 0.25) is 0 Å². The molecule has 1 unspecified atom stereocenters. The summed E-state index contributed by atoms with van der Waals surface area (Å²) in [7, 11) is 3.05. The molecule has 2 rings (SSSR count). The van der Waals surface area contributed by atoms with Gasteiger partial charge in [-0.05, 0) is 29.8 Å². The van der Waals surface area contributed by atoms with Crippen LogP contribution in [0.1, 0.15) is 28.4 Å². The van der Waals surface area contributed by atoms with Crippen molar-refractivity contribution in [3.8, 4) is 5.75 Å². The summed E-state index contributed by atoms with van der Waals surface area (Å²) in [4.78, 5) is 37.5. The molecule has 0 aromatic heterocycles. The average Bonchev–Trinajstić information content (AvgIpc) is 2.70. The quantitative estimate of drug-likeness (QED) is 0.742. The fraction of sp³-hybridized carbons (Fsp3) is 0.250. The van der Waals surface area contributed by atoms with E-state index in [1.807, 2.05) is 6.07 Å². The molecule has 0 radical (unpaired) electrons. The first-order valence-electron chi connectivity index (χ1n) is 8.39. The number of methoxy groups -OCH3 is 1. The van der Waals surface area contributed by atoms with E-state index in [0.29, 0.717) is 16.9 Å². The number of amides is 2. The third-order valence-electron chi connectivity index (χ3n) is 4.04. The molecular weight excluding hydrogens is 348 g/mol. The van der Waals surface area contributed by atoms with Gasteiger partial charge in [-0.15, -0.1) is 0 Å². The molecule has 0 aliphatic carbocycles. The normalized spacial score (nSPS) is 11.3. The summed E-state index contributed by atoms with van der Waals surface area (Å²) in [6, 6.07) is 14.4.